The lowest BCUT2D eigenvalue weighted by Crippen LogP contribution is -2.31. The minimum Gasteiger partial charge on any atom is -0.345 e. The van der Waals surface area contributed by atoms with Gasteiger partial charge in [-0.25, -0.2) is 0 Å². The van der Waals surface area contributed by atoms with E-state index in [1.54, 1.807) is 6.08 Å². The third-order valence-corrected chi connectivity index (χ3v) is 5.60. The van der Waals surface area contributed by atoms with Crippen molar-refractivity contribution in [1.29, 1.82) is 0 Å². The summed E-state index contributed by atoms with van der Waals surface area (Å²) in [5.41, 5.74) is 4.10. The lowest BCUT2D eigenvalue weighted by Gasteiger charge is -2.22. The summed E-state index contributed by atoms with van der Waals surface area (Å²) in [6, 6.07) is 19.9. The highest BCUT2D eigenvalue weighted by Crippen LogP contribution is 2.19. The molecule has 30 heavy (non-hydrogen) atoms. The van der Waals surface area contributed by atoms with Gasteiger partial charge in [0.1, 0.15) is 0 Å². The Hall–Kier alpha value is -2.78. The Labute approximate surface area is 184 Å². The van der Waals surface area contributed by atoms with Crippen molar-refractivity contribution in [3.05, 3.63) is 107 Å². The van der Waals surface area contributed by atoms with E-state index in [2.05, 4.69) is 30.2 Å². The fraction of sp³-hybridized carbons (Fsp3) is 0.269. The van der Waals surface area contributed by atoms with E-state index < -0.39 is 0 Å². The van der Waals surface area contributed by atoms with E-state index in [0.29, 0.717) is 25.2 Å². The van der Waals surface area contributed by atoms with Gasteiger partial charge in [0.05, 0.1) is 6.54 Å². The number of carbonyl (C=O) groups excluding carboxylic acids is 1. The monoisotopic (exact) mass is 420 g/mol. The highest BCUT2D eigenvalue weighted by molar-refractivity contribution is 6.31. The Kier molecular flexibility index (Phi) is 7.92. The number of aromatic nitrogens is 1. The van der Waals surface area contributed by atoms with Gasteiger partial charge in [-0.1, -0.05) is 61.4 Å². The summed E-state index contributed by atoms with van der Waals surface area (Å²) in [7, 11) is 0. The third-order valence-electron chi connectivity index (χ3n) is 5.23. The molecular formula is C26H29ClN2O. The van der Waals surface area contributed by atoms with Crippen molar-refractivity contribution in [2.24, 2.45) is 0 Å². The van der Waals surface area contributed by atoms with Crippen LogP contribution in [0, 0.1) is 0 Å². The van der Waals surface area contributed by atoms with Gasteiger partial charge in [-0.05, 0) is 54.3 Å². The maximum Gasteiger partial charge on any atom is 0.254 e. The van der Waals surface area contributed by atoms with Gasteiger partial charge in [-0.2, -0.15) is 0 Å². The average Bonchev–Trinajstić information content (AvgIpc) is 3.20. The lowest BCUT2D eigenvalue weighted by molar-refractivity contribution is 0.0759. The zero-order valence-corrected chi connectivity index (χ0v) is 18.3. The van der Waals surface area contributed by atoms with Crippen LogP contribution < -0.4 is 0 Å². The maximum absolute atomic E-state index is 13.2. The fourth-order valence-electron chi connectivity index (χ4n) is 3.51. The molecule has 4 heteroatoms. The van der Waals surface area contributed by atoms with E-state index in [1.165, 1.54) is 12.0 Å². The first-order chi connectivity index (χ1) is 14.6. The summed E-state index contributed by atoms with van der Waals surface area (Å²) in [5.74, 6) is 0.0161. The highest BCUT2D eigenvalue weighted by atomic mass is 35.5. The van der Waals surface area contributed by atoms with E-state index in [-0.39, 0.29) is 5.91 Å². The van der Waals surface area contributed by atoms with E-state index in [0.717, 1.165) is 29.1 Å². The third kappa shape index (κ3) is 5.64. The van der Waals surface area contributed by atoms with Crippen molar-refractivity contribution in [2.45, 2.75) is 39.3 Å². The zero-order valence-electron chi connectivity index (χ0n) is 17.6. The van der Waals surface area contributed by atoms with E-state index >= 15 is 0 Å². The van der Waals surface area contributed by atoms with Crippen molar-refractivity contribution in [1.82, 2.24) is 9.47 Å². The predicted octanol–water partition coefficient (Wildman–Crippen LogP) is 6.36. The first-order valence-electron chi connectivity index (χ1n) is 10.5. The van der Waals surface area contributed by atoms with Crippen molar-refractivity contribution < 1.29 is 4.79 Å². The molecular weight excluding hydrogens is 392 g/mol. The molecule has 0 aliphatic heterocycles. The molecule has 3 nitrogen and oxygen atoms in total. The Morgan fingerprint density at radius 2 is 1.87 bits per heavy atom. The number of halogens is 1. The van der Waals surface area contributed by atoms with Gasteiger partial charge < -0.3 is 9.47 Å². The standard InChI is InChI=1S/C26H29ClN2O/c1-3-5-9-21-13-15-22(16-14-21)26(30)29(17-4-2)20-24-11-8-18-28(24)19-23-10-6-7-12-25(23)27/h4,6-8,10-16,18H,2-3,5,9,17,19-20H2,1H3. The molecule has 0 fully saturated rings. The molecule has 1 amide bonds. The fourth-order valence-corrected chi connectivity index (χ4v) is 3.70. The second-order valence-corrected chi connectivity index (χ2v) is 7.90. The van der Waals surface area contributed by atoms with E-state index in [9.17, 15) is 4.79 Å². The number of benzene rings is 2. The number of hydrogen-bond donors (Lipinski definition) is 0. The van der Waals surface area contributed by atoms with E-state index in [1.807, 2.05) is 59.6 Å². The summed E-state index contributed by atoms with van der Waals surface area (Å²) < 4.78 is 2.14. The normalized spacial score (nSPS) is 10.7. The molecule has 0 saturated heterocycles. The van der Waals surface area contributed by atoms with Gasteiger partial charge >= 0.3 is 0 Å². The average molecular weight is 421 g/mol. The number of rotatable bonds is 10. The molecule has 0 aliphatic carbocycles. The van der Waals surface area contributed by atoms with Crippen LogP contribution in [0.25, 0.3) is 0 Å². The summed E-state index contributed by atoms with van der Waals surface area (Å²) in [4.78, 5) is 15.0. The first kappa shape index (κ1) is 21.9. The molecule has 3 rings (SSSR count). The topological polar surface area (TPSA) is 25.2 Å². The molecule has 0 saturated carbocycles. The second kappa shape index (κ2) is 10.8. The molecule has 3 aromatic rings. The van der Waals surface area contributed by atoms with Crippen LogP contribution in [0.5, 0.6) is 0 Å². The van der Waals surface area contributed by atoms with Gasteiger partial charge in [0.2, 0.25) is 0 Å². The Morgan fingerprint density at radius 1 is 1.10 bits per heavy atom. The number of unbranched alkanes of at least 4 members (excludes halogenated alkanes) is 1. The lowest BCUT2D eigenvalue weighted by atomic mass is 10.1. The van der Waals surface area contributed by atoms with Crippen LogP contribution in [0.4, 0.5) is 0 Å². The second-order valence-electron chi connectivity index (χ2n) is 7.49. The van der Waals surface area contributed by atoms with Crippen molar-refractivity contribution in [2.75, 3.05) is 6.54 Å². The Bertz CT molecular complexity index is 975. The molecule has 0 spiro atoms. The molecule has 156 valence electrons. The van der Waals surface area contributed by atoms with Crippen molar-refractivity contribution >= 4 is 17.5 Å². The van der Waals surface area contributed by atoms with Crippen LogP contribution in [0.3, 0.4) is 0 Å². The van der Waals surface area contributed by atoms with Crippen LogP contribution >= 0.6 is 11.6 Å². The molecule has 1 heterocycles. The van der Waals surface area contributed by atoms with Gasteiger partial charge in [0.25, 0.3) is 5.91 Å². The van der Waals surface area contributed by atoms with Crippen LogP contribution in [-0.2, 0) is 19.5 Å². The van der Waals surface area contributed by atoms with Gasteiger partial charge in [-0.15, -0.1) is 6.58 Å². The van der Waals surface area contributed by atoms with Crippen molar-refractivity contribution in [3.8, 4) is 0 Å². The smallest absolute Gasteiger partial charge is 0.254 e. The minimum atomic E-state index is 0.0161. The molecule has 0 N–H and O–H groups in total. The molecule has 0 unspecified atom stereocenters. The Balaban J connectivity index is 1.74. The predicted molar refractivity (Wildman–Crippen MR) is 125 cm³/mol. The molecule has 1 aromatic heterocycles. The Morgan fingerprint density at radius 3 is 2.57 bits per heavy atom. The summed E-state index contributed by atoms with van der Waals surface area (Å²) >= 11 is 6.33. The van der Waals surface area contributed by atoms with Crippen LogP contribution in [0.15, 0.2) is 79.5 Å². The van der Waals surface area contributed by atoms with Crippen LogP contribution in [-0.4, -0.2) is 21.9 Å². The summed E-state index contributed by atoms with van der Waals surface area (Å²) in [5, 5.41) is 0.749. The minimum absolute atomic E-state index is 0.0161. The number of amides is 1. The quantitative estimate of drug-likeness (QED) is 0.350. The number of carbonyl (C=O) groups is 1. The summed E-state index contributed by atoms with van der Waals surface area (Å²) in [6.07, 6.45) is 7.18. The van der Waals surface area contributed by atoms with Crippen LogP contribution in [0.2, 0.25) is 5.02 Å². The van der Waals surface area contributed by atoms with Gasteiger partial charge in [0, 0.05) is 35.6 Å². The summed E-state index contributed by atoms with van der Waals surface area (Å²) in [6.45, 7) is 7.70. The van der Waals surface area contributed by atoms with E-state index in [4.69, 9.17) is 11.6 Å². The van der Waals surface area contributed by atoms with Crippen LogP contribution in [0.1, 0.15) is 46.9 Å². The van der Waals surface area contributed by atoms with Gasteiger partial charge in [-0.3, -0.25) is 4.79 Å². The first-order valence-corrected chi connectivity index (χ1v) is 10.9. The molecule has 0 bridgehead atoms. The molecule has 0 radical (unpaired) electrons. The number of nitrogens with zero attached hydrogens (tertiary/aromatic N) is 2. The largest absolute Gasteiger partial charge is 0.345 e. The number of aryl methyl sites for hydroxylation is 1. The number of hydrogen-bond acceptors (Lipinski definition) is 1. The maximum atomic E-state index is 13.2. The zero-order chi connectivity index (χ0) is 21.3. The molecule has 2 aromatic carbocycles. The van der Waals surface area contributed by atoms with Crippen molar-refractivity contribution in [3.63, 3.8) is 0 Å². The SMILES string of the molecule is C=CCN(Cc1cccn1Cc1ccccc1Cl)C(=O)c1ccc(CCCC)cc1. The molecule has 0 atom stereocenters. The highest BCUT2D eigenvalue weighted by Gasteiger charge is 2.17. The van der Waals surface area contributed by atoms with Gasteiger partial charge in [0.15, 0.2) is 0 Å². The molecule has 0 aliphatic rings.